The fourth-order valence-electron chi connectivity index (χ4n) is 3.45. The van der Waals surface area contributed by atoms with Gasteiger partial charge in [-0.15, -0.1) is 0 Å². The number of pyridine rings is 1. The van der Waals surface area contributed by atoms with Crippen LogP contribution in [0.3, 0.4) is 0 Å². The van der Waals surface area contributed by atoms with E-state index in [-0.39, 0.29) is 5.91 Å². The van der Waals surface area contributed by atoms with Gasteiger partial charge < -0.3 is 21.7 Å². The first-order valence-electron chi connectivity index (χ1n) is 11.3. The van der Waals surface area contributed by atoms with Crippen LogP contribution in [0.4, 0.5) is 23.1 Å². The van der Waals surface area contributed by atoms with Gasteiger partial charge in [0.15, 0.2) is 0 Å². The Bertz CT molecular complexity index is 1260. The summed E-state index contributed by atoms with van der Waals surface area (Å²) < 4.78 is 0. The van der Waals surface area contributed by atoms with Gasteiger partial charge >= 0.3 is 0 Å². The maximum atomic E-state index is 12.6. The Morgan fingerprint density at radius 1 is 0.971 bits per heavy atom. The van der Waals surface area contributed by atoms with Crippen LogP contribution in [0.15, 0.2) is 85.2 Å². The van der Waals surface area contributed by atoms with E-state index in [1.54, 1.807) is 24.5 Å². The number of nitrogens with one attached hydrogen (secondary N) is 3. The number of aromatic nitrogens is 3. The van der Waals surface area contributed by atoms with Crippen LogP contribution in [0.25, 0.3) is 0 Å². The first kappa shape index (κ1) is 23.9. The van der Waals surface area contributed by atoms with Gasteiger partial charge in [-0.3, -0.25) is 9.78 Å². The Balaban J connectivity index is 1.35. The number of hydrogen-bond acceptors (Lipinski definition) is 7. The van der Waals surface area contributed by atoms with Gasteiger partial charge in [0.05, 0.1) is 6.04 Å². The van der Waals surface area contributed by atoms with Crippen molar-refractivity contribution in [3.8, 4) is 0 Å². The number of rotatable bonds is 10. The molecule has 4 rings (SSSR count). The number of nitrogens with zero attached hydrogens (tertiary/aromatic N) is 3. The molecule has 1 amide bonds. The molecule has 2 heterocycles. The summed E-state index contributed by atoms with van der Waals surface area (Å²) in [5.41, 5.74) is 9.86. The summed E-state index contributed by atoms with van der Waals surface area (Å²) in [5.74, 6) is 0.660. The second-order valence-corrected chi connectivity index (χ2v) is 7.99. The maximum absolute atomic E-state index is 12.6. The molecule has 4 aromatic rings. The zero-order valence-electron chi connectivity index (χ0n) is 19.2. The number of benzene rings is 2. The molecule has 0 aliphatic carbocycles. The number of amides is 1. The van der Waals surface area contributed by atoms with E-state index in [2.05, 4.69) is 30.9 Å². The largest absolute Gasteiger partial charge is 0.370 e. The third-order valence-corrected chi connectivity index (χ3v) is 5.24. The topological polar surface area (TPSA) is 118 Å². The highest BCUT2D eigenvalue weighted by Crippen LogP contribution is 2.19. The molecule has 0 saturated carbocycles. The molecule has 5 N–H and O–H groups in total. The first-order valence-corrected chi connectivity index (χ1v) is 11.3. The van der Waals surface area contributed by atoms with Gasteiger partial charge in [-0.2, -0.15) is 4.98 Å². The summed E-state index contributed by atoms with van der Waals surface area (Å²) in [7, 11) is 6.03. The minimum absolute atomic E-state index is 0.255. The van der Waals surface area contributed by atoms with E-state index in [9.17, 15) is 4.79 Å². The molecule has 0 fully saturated rings. The van der Waals surface area contributed by atoms with Crippen LogP contribution in [0.5, 0.6) is 0 Å². The van der Waals surface area contributed by atoms with Crippen molar-refractivity contribution < 1.29 is 4.79 Å². The zero-order chi connectivity index (χ0) is 24.5. The van der Waals surface area contributed by atoms with Crippen molar-refractivity contribution in [2.45, 2.75) is 18.9 Å². The lowest BCUT2D eigenvalue weighted by Crippen LogP contribution is -2.37. The summed E-state index contributed by atoms with van der Waals surface area (Å²) in [5, 5.41) is 9.25. The number of hydrogen-bond donors (Lipinski definition) is 4. The Morgan fingerprint density at radius 2 is 1.77 bits per heavy atom. The number of anilines is 4. The lowest BCUT2D eigenvalue weighted by Gasteiger charge is -2.14. The van der Waals surface area contributed by atoms with Crippen molar-refractivity contribution >= 4 is 42.4 Å². The second kappa shape index (κ2) is 11.8. The molecule has 2 aromatic carbocycles. The Labute approximate surface area is 205 Å². The van der Waals surface area contributed by atoms with E-state index >= 15 is 0 Å². The van der Waals surface area contributed by atoms with E-state index in [1.165, 1.54) is 0 Å². The molecule has 0 saturated heterocycles. The fraction of sp³-hybridized carbons (Fsp3) is 0.154. The molecule has 174 valence electrons. The summed E-state index contributed by atoms with van der Waals surface area (Å²) >= 11 is 0. The predicted molar refractivity (Wildman–Crippen MR) is 140 cm³/mol. The van der Waals surface area contributed by atoms with Crippen molar-refractivity contribution in [2.75, 3.05) is 22.5 Å². The highest BCUT2D eigenvalue weighted by molar-refractivity contribution is 6.35. The molecular weight excluding hydrogens is 437 g/mol. The predicted octanol–water partition coefficient (Wildman–Crippen LogP) is 2.57. The van der Waals surface area contributed by atoms with E-state index in [0.717, 1.165) is 17.7 Å². The lowest BCUT2D eigenvalue weighted by molar-refractivity contribution is -0.117. The monoisotopic (exact) mass is 463 g/mol. The van der Waals surface area contributed by atoms with E-state index in [1.807, 2.05) is 60.7 Å². The molecule has 0 aliphatic rings. The molecule has 35 heavy (non-hydrogen) atoms. The van der Waals surface area contributed by atoms with Crippen LogP contribution in [-0.4, -0.2) is 41.3 Å². The summed E-state index contributed by atoms with van der Waals surface area (Å²) in [6, 6.07) is 22.1. The number of carbonyl (C=O) groups is 1. The molecule has 2 aromatic heterocycles. The van der Waals surface area contributed by atoms with Gasteiger partial charge in [-0.25, -0.2) is 4.98 Å². The Morgan fingerprint density at radius 3 is 2.57 bits per heavy atom. The highest BCUT2D eigenvalue weighted by Gasteiger charge is 2.14. The summed E-state index contributed by atoms with van der Waals surface area (Å²) in [4.78, 5) is 25.6. The van der Waals surface area contributed by atoms with Crippen LogP contribution in [0.2, 0.25) is 0 Å². The molecule has 0 aliphatic heterocycles. The molecule has 8 nitrogen and oxygen atoms in total. The van der Waals surface area contributed by atoms with E-state index in [0.29, 0.717) is 41.6 Å². The van der Waals surface area contributed by atoms with Crippen molar-refractivity contribution in [1.29, 1.82) is 0 Å². The number of nitrogens with two attached hydrogens (primary N) is 1. The standard InChI is InChI=1S/C26H26BN7O/c27-22-17-31-26(34-24(22)30-14-12-19-9-4-5-13-29-19)33-21-11-6-10-20(16-21)32-25(35)23(28)15-18-7-2-1-3-8-18/h1-11,13,16-17,23H,12,14-15,28H2,(H,32,35)(H2,30,31,33,34). The van der Waals surface area contributed by atoms with Crippen LogP contribution in [0, 0.1) is 0 Å². The minimum atomic E-state index is -0.658. The molecule has 1 unspecified atom stereocenters. The molecule has 9 heteroatoms. The molecule has 1 atom stereocenters. The number of carbonyl (C=O) groups excluding carboxylic acids is 1. The third kappa shape index (κ3) is 7.12. The van der Waals surface area contributed by atoms with Gasteiger partial charge in [-0.1, -0.05) is 42.5 Å². The van der Waals surface area contributed by atoms with Gasteiger partial charge in [-0.05, 0) is 47.8 Å². The van der Waals surface area contributed by atoms with Crippen molar-refractivity contribution in [1.82, 2.24) is 15.0 Å². The van der Waals surface area contributed by atoms with Crippen LogP contribution in [0.1, 0.15) is 11.3 Å². The molecule has 0 spiro atoms. The van der Waals surface area contributed by atoms with Gasteiger partial charge in [0.25, 0.3) is 0 Å². The summed E-state index contributed by atoms with van der Waals surface area (Å²) in [6.45, 7) is 0.627. The molecule has 2 radical (unpaired) electrons. The highest BCUT2D eigenvalue weighted by atomic mass is 16.2. The second-order valence-electron chi connectivity index (χ2n) is 7.99. The quantitative estimate of drug-likeness (QED) is 0.267. The average molecular weight is 463 g/mol. The van der Waals surface area contributed by atoms with Crippen molar-refractivity contribution in [2.24, 2.45) is 5.73 Å². The zero-order valence-corrected chi connectivity index (χ0v) is 19.2. The normalized spacial score (nSPS) is 11.5. The van der Waals surface area contributed by atoms with Gasteiger partial charge in [0.2, 0.25) is 11.9 Å². The van der Waals surface area contributed by atoms with Crippen molar-refractivity contribution in [3.05, 3.63) is 96.4 Å². The minimum Gasteiger partial charge on any atom is -0.370 e. The van der Waals surface area contributed by atoms with Gasteiger partial charge in [0.1, 0.15) is 13.7 Å². The smallest absolute Gasteiger partial charge is 0.241 e. The summed E-state index contributed by atoms with van der Waals surface area (Å²) in [6.07, 6.45) is 4.51. The SMILES string of the molecule is [B]c1cnc(Nc2cccc(NC(=O)C(N)Cc3ccccc3)c2)nc1NCCc1ccccn1. The fourth-order valence-corrected chi connectivity index (χ4v) is 3.45. The average Bonchev–Trinajstić information content (AvgIpc) is 2.87. The molecular formula is C26H26BN7O. The Kier molecular flexibility index (Phi) is 8.03. The molecule has 0 bridgehead atoms. The van der Waals surface area contributed by atoms with E-state index < -0.39 is 6.04 Å². The van der Waals surface area contributed by atoms with Gasteiger partial charge in [0, 0.05) is 42.4 Å². The first-order chi connectivity index (χ1) is 17.1. The van der Waals surface area contributed by atoms with Crippen LogP contribution in [-0.2, 0) is 17.6 Å². The van der Waals surface area contributed by atoms with Crippen LogP contribution < -0.4 is 27.1 Å². The third-order valence-electron chi connectivity index (χ3n) is 5.24. The lowest BCUT2D eigenvalue weighted by atomic mass is 9.99. The van der Waals surface area contributed by atoms with Crippen LogP contribution >= 0.6 is 0 Å². The van der Waals surface area contributed by atoms with E-state index in [4.69, 9.17) is 13.6 Å². The Hall–Kier alpha value is -4.24. The maximum Gasteiger partial charge on any atom is 0.241 e. The van der Waals surface area contributed by atoms with Crippen molar-refractivity contribution in [3.63, 3.8) is 0 Å².